The van der Waals surface area contributed by atoms with E-state index in [4.69, 9.17) is 14.0 Å². The molecule has 0 saturated carbocycles. The van der Waals surface area contributed by atoms with Crippen molar-refractivity contribution in [3.63, 3.8) is 0 Å². The molecule has 0 atom stereocenters. The average molecular weight is 215 g/mol. The zero-order chi connectivity index (χ0) is 10.9. The number of methoxy groups -OCH3 is 1. The molecular formula is C9H17N3O3. The standard InChI is InChI=1S/C9H17N3O3/c1-8-11-9(15-12-8)10-4-3-5-14-7-6-13-2/h3-7H2,1-2H3,(H,10,11,12). The van der Waals surface area contributed by atoms with Gasteiger partial charge in [0.2, 0.25) is 0 Å². The molecule has 0 aromatic carbocycles. The summed E-state index contributed by atoms with van der Waals surface area (Å²) >= 11 is 0. The lowest BCUT2D eigenvalue weighted by atomic mass is 10.4. The smallest absolute Gasteiger partial charge is 0.321 e. The van der Waals surface area contributed by atoms with E-state index in [1.165, 1.54) is 0 Å². The molecular weight excluding hydrogens is 198 g/mol. The predicted molar refractivity (Wildman–Crippen MR) is 54.8 cm³/mol. The fourth-order valence-corrected chi connectivity index (χ4v) is 0.983. The highest BCUT2D eigenvalue weighted by atomic mass is 16.5. The van der Waals surface area contributed by atoms with Gasteiger partial charge in [-0.15, -0.1) is 0 Å². The second-order valence-corrected chi connectivity index (χ2v) is 3.03. The monoisotopic (exact) mass is 215 g/mol. The van der Waals surface area contributed by atoms with Crippen LogP contribution in [0.1, 0.15) is 12.2 Å². The second kappa shape index (κ2) is 7.19. The maximum atomic E-state index is 5.29. The molecule has 0 radical (unpaired) electrons. The van der Waals surface area contributed by atoms with Gasteiger partial charge in [-0.25, -0.2) is 0 Å². The molecule has 6 nitrogen and oxygen atoms in total. The van der Waals surface area contributed by atoms with Gasteiger partial charge in [0.15, 0.2) is 5.82 Å². The molecule has 1 N–H and O–H groups in total. The zero-order valence-corrected chi connectivity index (χ0v) is 9.15. The molecule has 0 aliphatic rings. The lowest BCUT2D eigenvalue weighted by Gasteiger charge is -2.03. The van der Waals surface area contributed by atoms with E-state index in [9.17, 15) is 0 Å². The third kappa shape index (κ3) is 5.34. The number of rotatable bonds is 8. The van der Waals surface area contributed by atoms with E-state index in [0.717, 1.165) is 13.0 Å². The number of aromatic nitrogens is 2. The lowest BCUT2D eigenvalue weighted by molar-refractivity contribution is 0.0705. The van der Waals surface area contributed by atoms with Gasteiger partial charge in [-0.1, -0.05) is 5.16 Å². The van der Waals surface area contributed by atoms with E-state index in [0.29, 0.717) is 31.7 Å². The number of nitrogens with one attached hydrogen (secondary N) is 1. The van der Waals surface area contributed by atoms with E-state index in [1.807, 2.05) is 0 Å². The van der Waals surface area contributed by atoms with Gasteiger partial charge < -0.3 is 19.3 Å². The van der Waals surface area contributed by atoms with Gasteiger partial charge in [0, 0.05) is 20.3 Å². The molecule has 0 saturated heterocycles. The van der Waals surface area contributed by atoms with E-state index >= 15 is 0 Å². The molecule has 1 aromatic heterocycles. The van der Waals surface area contributed by atoms with Crippen LogP contribution in [-0.4, -0.2) is 43.6 Å². The summed E-state index contributed by atoms with van der Waals surface area (Å²) in [5.74, 6) is 0.633. The van der Waals surface area contributed by atoms with E-state index in [1.54, 1.807) is 14.0 Å². The summed E-state index contributed by atoms with van der Waals surface area (Å²) < 4.78 is 15.0. The quantitative estimate of drug-likeness (QED) is 0.648. The van der Waals surface area contributed by atoms with Crippen LogP contribution in [0, 0.1) is 6.92 Å². The third-order valence-corrected chi connectivity index (χ3v) is 1.70. The molecule has 0 unspecified atom stereocenters. The first-order valence-corrected chi connectivity index (χ1v) is 4.94. The fraction of sp³-hybridized carbons (Fsp3) is 0.778. The number of anilines is 1. The molecule has 1 heterocycles. The minimum absolute atomic E-state index is 0.462. The van der Waals surface area contributed by atoms with Gasteiger partial charge in [0.25, 0.3) is 0 Å². The summed E-state index contributed by atoms with van der Waals surface area (Å²) in [6, 6.07) is 0.462. The highest BCUT2D eigenvalue weighted by Crippen LogP contribution is 2.01. The molecule has 15 heavy (non-hydrogen) atoms. The number of hydrogen-bond acceptors (Lipinski definition) is 6. The van der Waals surface area contributed by atoms with E-state index in [-0.39, 0.29) is 0 Å². The molecule has 1 aromatic rings. The van der Waals surface area contributed by atoms with Crippen LogP contribution in [0.15, 0.2) is 4.52 Å². The van der Waals surface area contributed by atoms with Gasteiger partial charge in [-0.05, 0) is 13.3 Å². The van der Waals surface area contributed by atoms with Crippen LogP contribution in [0.5, 0.6) is 0 Å². The van der Waals surface area contributed by atoms with Gasteiger partial charge in [0.05, 0.1) is 13.2 Å². The Labute approximate surface area is 88.9 Å². The summed E-state index contributed by atoms with van der Waals surface area (Å²) in [5.41, 5.74) is 0. The van der Waals surface area contributed by atoms with Crippen LogP contribution in [0.3, 0.4) is 0 Å². The van der Waals surface area contributed by atoms with Crippen molar-refractivity contribution in [2.75, 3.05) is 38.8 Å². The lowest BCUT2D eigenvalue weighted by Crippen LogP contribution is -2.08. The Kier molecular flexibility index (Phi) is 5.72. The van der Waals surface area contributed by atoms with Crippen molar-refractivity contribution in [1.29, 1.82) is 0 Å². The molecule has 0 aliphatic carbocycles. The Hall–Kier alpha value is -1.14. The second-order valence-electron chi connectivity index (χ2n) is 3.03. The first-order chi connectivity index (χ1) is 7.33. The van der Waals surface area contributed by atoms with Crippen molar-refractivity contribution in [2.45, 2.75) is 13.3 Å². The first-order valence-electron chi connectivity index (χ1n) is 4.94. The van der Waals surface area contributed by atoms with Crippen LogP contribution < -0.4 is 5.32 Å². The maximum absolute atomic E-state index is 5.29. The van der Waals surface area contributed by atoms with E-state index < -0.39 is 0 Å². The number of nitrogens with zero attached hydrogens (tertiary/aromatic N) is 2. The summed E-state index contributed by atoms with van der Waals surface area (Å²) in [5, 5.41) is 6.66. The Morgan fingerprint density at radius 1 is 1.33 bits per heavy atom. The Morgan fingerprint density at radius 3 is 2.87 bits per heavy atom. The molecule has 1 rings (SSSR count). The topological polar surface area (TPSA) is 69.4 Å². The highest BCUT2D eigenvalue weighted by molar-refractivity contribution is 5.17. The average Bonchev–Trinajstić information content (AvgIpc) is 2.63. The van der Waals surface area contributed by atoms with Crippen LogP contribution in [0.2, 0.25) is 0 Å². The number of hydrogen-bond donors (Lipinski definition) is 1. The largest absolute Gasteiger partial charge is 0.382 e. The van der Waals surface area contributed by atoms with Crippen molar-refractivity contribution in [2.24, 2.45) is 0 Å². The Balaban J connectivity index is 1.93. The highest BCUT2D eigenvalue weighted by Gasteiger charge is 1.99. The van der Waals surface area contributed by atoms with Crippen molar-refractivity contribution in [3.8, 4) is 0 Å². The van der Waals surface area contributed by atoms with Crippen molar-refractivity contribution < 1.29 is 14.0 Å². The molecule has 0 aliphatic heterocycles. The third-order valence-electron chi connectivity index (χ3n) is 1.70. The first kappa shape index (κ1) is 11.9. The SMILES string of the molecule is COCCOCCCNc1nc(C)no1. The van der Waals surface area contributed by atoms with Gasteiger partial charge in [0.1, 0.15) is 0 Å². The van der Waals surface area contributed by atoms with Gasteiger partial charge >= 0.3 is 6.01 Å². The summed E-state index contributed by atoms with van der Waals surface area (Å²) in [7, 11) is 1.66. The van der Waals surface area contributed by atoms with Gasteiger partial charge in [-0.2, -0.15) is 4.98 Å². The van der Waals surface area contributed by atoms with Crippen LogP contribution >= 0.6 is 0 Å². The summed E-state index contributed by atoms with van der Waals surface area (Å²) in [6.07, 6.45) is 0.894. The summed E-state index contributed by atoms with van der Waals surface area (Å²) in [4.78, 5) is 4.01. The maximum Gasteiger partial charge on any atom is 0.321 e. The summed E-state index contributed by atoms with van der Waals surface area (Å²) in [6.45, 7) is 4.51. The molecule has 0 amide bonds. The molecule has 0 fully saturated rings. The normalized spacial score (nSPS) is 10.5. The molecule has 0 bridgehead atoms. The zero-order valence-electron chi connectivity index (χ0n) is 9.15. The van der Waals surface area contributed by atoms with Crippen LogP contribution in [0.25, 0.3) is 0 Å². The predicted octanol–water partition coefficient (Wildman–Crippen LogP) is 0.843. The van der Waals surface area contributed by atoms with Crippen molar-refractivity contribution in [1.82, 2.24) is 10.1 Å². The van der Waals surface area contributed by atoms with E-state index in [2.05, 4.69) is 15.5 Å². The number of aryl methyl sites for hydroxylation is 1. The molecule has 0 spiro atoms. The Bertz CT molecular complexity index is 265. The molecule has 86 valence electrons. The van der Waals surface area contributed by atoms with Crippen LogP contribution in [0.4, 0.5) is 6.01 Å². The Morgan fingerprint density at radius 2 is 2.20 bits per heavy atom. The number of ether oxygens (including phenoxy) is 2. The van der Waals surface area contributed by atoms with Gasteiger partial charge in [-0.3, -0.25) is 0 Å². The van der Waals surface area contributed by atoms with Crippen molar-refractivity contribution in [3.05, 3.63) is 5.82 Å². The minimum atomic E-state index is 0.462. The van der Waals surface area contributed by atoms with Crippen molar-refractivity contribution >= 4 is 6.01 Å². The molecule has 6 heteroatoms. The van der Waals surface area contributed by atoms with Crippen LogP contribution in [-0.2, 0) is 9.47 Å². The fourth-order valence-electron chi connectivity index (χ4n) is 0.983. The minimum Gasteiger partial charge on any atom is -0.382 e.